The summed E-state index contributed by atoms with van der Waals surface area (Å²) >= 11 is 11.8. The van der Waals surface area contributed by atoms with E-state index >= 15 is 0 Å². The van der Waals surface area contributed by atoms with E-state index in [0.717, 1.165) is 0 Å². The second-order valence-corrected chi connectivity index (χ2v) is 5.83. The molecule has 0 saturated heterocycles. The zero-order valence-electron chi connectivity index (χ0n) is 13.0. The Hall–Kier alpha value is -2.04. The quantitative estimate of drug-likeness (QED) is 0.691. The van der Waals surface area contributed by atoms with Crippen molar-refractivity contribution in [3.63, 3.8) is 0 Å². The standard InChI is InChI=1S/C18H16Cl2FNO2/c1-2-12(10-21)11-24-15-6-3-13(4-7-15)18(23)22-14-5-8-16(19)17(20)9-14/h3-10H,2,11H2,1H3,(H,22,23). The number of carbonyl (C=O) groups excluding carboxylic acids is 1. The molecule has 1 N–H and O–H groups in total. The van der Waals surface area contributed by atoms with Crippen molar-refractivity contribution in [2.45, 2.75) is 13.3 Å². The molecule has 24 heavy (non-hydrogen) atoms. The van der Waals surface area contributed by atoms with Crippen molar-refractivity contribution < 1.29 is 13.9 Å². The predicted octanol–water partition coefficient (Wildman–Crippen LogP) is 5.89. The van der Waals surface area contributed by atoms with Crippen LogP contribution in [0.4, 0.5) is 10.1 Å². The van der Waals surface area contributed by atoms with Gasteiger partial charge in [0.05, 0.1) is 16.4 Å². The van der Waals surface area contributed by atoms with Gasteiger partial charge in [0.25, 0.3) is 5.91 Å². The van der Waals surface area contributed by atoms with Gasteiger partial charge >= 0.3 is 0 Å². The summed E-state index contributed by atoms with van der Waals surface area (Å²) in [4.78, 5) is 12.2. The molecule has 0 aliphatic heterocycles. The van der Waals surface area contributed by atoms with Gasteiger partial charge in [0, 0.05) is 11.3 Å². The van der Waals surface area contributed by atoms with Crippen molar-refractivity contribution in [2.75, 3.05) is 11.9 Å². The highest BCUT2D eigenvalue weighted by atomic mass is 35.5. The lowest BCUT2D eigenvalue weighted by Gasteiger charge is -2.09. The third-order valence-corrected chi connectivity index (χ3v) is 4.07. The Kier molecular flexibility index (Phi) is 6.64. The molecule has 0 heterocycles. The summed E-state index contributed by atoms with van der Waals surface area (Å²) in [6.07, 6.45) is 1.14. The lowest BCUT2D eigenvalue weighted by Crippen LogP contribution is -2.11. The fourth-order valence-corrected chi connectivity index (χ4v) is 2.16. The van der Waals surface area contributed by atoms with Gasteiger partial charge in [-0.3, -0.25) is 4.79 Å². The highest BCUT2D eigenvalue weighted by molar-refractivity contribution is 6.42. The molecule has 6 heteroatoms. The summed E-state index contributed by atoms with van der Waals surface area (Å²) in [5.41, 5.74) is 1.58. The average molecular weight is 368 g/mol. The smallest absolute Gasteiger partial charge is 0.255 e. The summed E-state index contributed by atoms with van der Waals surface area (Å²) in [7, 11) is 0. The van der Waals surface area contributed by atoms with Gasteiger partial charge in [-0.2, -0.15) is 0 Å². The zero-order chi connectivity index (χ0) is 17.5. The van der Waals surface area contributed by atoms with Crippen LogP contribution in [0.15, 0.2) is 54.4 Å². The minimum Gasteiger partial charge on any atom is -0.489 e. The van der Waals surface area contributed by atoms with E-state index in [2.05, 4.69) is 5.32 Å². The van der Waals surface area contributed by atoms with Crippen LogP contribution in [0.1, 0.15) is 23.7 Å². The molecule has 0 atom stereocenters. The van der Waals surface area contributed by atoms with Gasteiger partial charge < -0.3 is 10.1 Å². The van der Waals surface area contributed by atoms with Crippen LogP contribution in [0.2, 0.25) is 10.0 Å². The van der Waals surface area contributed by atoms with Gasteiger partial charge in [0.2, 0.25) is 0 Å². The number of rotatable bonds is 6. The molecular formula is C18H16Cl2FNO2. The normalized spacial score (nSPS) is 11.2. The monoisotopic (exact) mass is 367 g/mol. The molecule has 2 rings (SSSR count). The van der Waals surface area contributed by atoms with E-state index in [1.165, 1.54) is 0 Å². The molecule has 0 aliphatic carbocycles. The highest BCUT2D eigenvalue weighted by Crippen LogP contribution is 2.25. The van der Waals surface area contributed by atoms with Crippen molar-refractivity contribution in [1.82, 2.24) is 0 Å². The Bertz CT molecular complexity index is 745. The largest absolute Gasteiger partial charge is 0.489 e. The highest BCUT2D eigenvalue weighted by Gasteiger charge is 2.08. The molecule has 0 saturated carbocycles. The van der Waals surface area contributed by atoms with E-state index in [1.807, 2.05) is 6.92 Å². The van der Waals surface area contributed by atoms with Gasteiger partial charge in [-0.05, 0) is 54.5 Å². The molecule has 0 aliphatic rings. The van der Waals surface area contributed by atoms with Crippen molar-refractivity contribution in [3.05, 3.63) is 70.0 Å². The van der Waals surface area contributed by atoms with Crippen molar-refractivity contribution in [2.24, 2.45) is 0 Å². The van der Waals surface area contributed by atoms with Crippen LogP contribution in [0.3, 0.4) is 0 Å². The number of ether oxygens (including phenoxy) is 1. The first kappa shape index (κ1) is 18.3. The number of hydrogen-bond acceptors (Lipinski definition) is 2. The molecule has 2 aromatic carbocycles. The summed E-state index contributed by atoms with van der Waals surface area (Å²) < 4.78 is 17.9. The lowest BCUT2D eigenvalue weighted by molar-refractivity contribution is 0.102. The van der Waals surface area contributed by atoms with Gasteiger partial charge in [-0.25, -0.2) is 4.39 Å². The first-order valence-corrected chi connectivity index (χ1v) is 8.06. The van der Waals surface area contributed by atoms with Crippen LogP contribution < -0.4 is 10.1 Å². The molecule has 0 bridgehead atoms. The maximum Gasteiger partial charge on any atom is 0.255 e. The van der Waals surface area contributed by atoms with Crippen molar-refractivity contribution >= 4 is 34.8 Å². The average Bonchev–Trinajstić information content (AvgIpc) is 2.59. The van der Waals surface area contributed by atoms with Gasteiger partial charge in [-0.15, -0.1) is 0 Å². The molecule has 3 nitrogen and oxygen atoms in total. The molecule has 126 valence electrons. The molecule has 2 aromatic rings. The lowest BCUT2D eigenvalue weighted by atomic mass is 10.2. The molecular weight excluding hydrogens is 352 g/mol. The third kappa shape index (κ3) is 4.98. The van der Waals surface area contributed by atoms with E-state index in [-0.39, 0.29) is 12.5 Å². The third-order valence-electron chi connectivity index (χ3n) is 3.33. The molecule has 0 aromatic heterocycles. The number of carbonyl (C=O) groups is 1. The second kappa shape index (κ2) is 8.71. The summed E-state index contributed by atoms with van der Waals surface area (Å²) in [6, 6.07) is 11.4. The summed E-state index contributed by atoms with van der Waals surface area (Å²) in [6.45, 7) is 2.03. The maximum atomic E-state index is 12.5. The zero-order valence-corrected chi connectivity index (χ0v) is 14.5. The number of amides is 1. The minimum absolute atomic E-state index is 0.182. The fraction of sp³-hybridized carbons (Fsp3) is 0.167. The summed E-state index contributed by atoms with van der Waals surface area (Å²) in [5.74, 6) is 0.284. The van der Waals surface area contributed by atoms with Crippen molar-refractivity contribution in [1.29, 1.82) is 0 Å². The SMILES string of the molecule is CCC(=CF)COc1ccc(C(=O)Nc2ccc(Cl)c(Cl)c2)cc1. The fourth-order valence-electron chi connectivity index (χ4n) is 1.87. The number of hydrogen-bond donors (Lipinski definition) is 1. The summed E-state index contributed by atoms with van der Waals surface area (Å²) in [5, 5.41) is 3.52. The predicted molar refractivity (Wildman–Crippen MR) is 95.8 cm³/mol. The van der Waals surface area contributed by atoms with E-state index in [1.54, 1.807) is 42.5 Å². The van der Waals surface area contributed by atoms with Gasteiger partial charge in [-0.1, -0.05) is 30.1 Å². The number of halogens is 3. The van der Waals surface area contributed by atoms with E-state index in [9.17, 15) is 9.18 Å². The topological polar surface area (TPSA) is 38.3 Å². The Balaban J connectivity index is 1.99. The molecule has 0 fully saturated rings. The Morgan fingerprint density at radius 3 is 2.46 bits per heavy atom. The van der Waals surface area contributed by atoms with Crippen LogP contribution in [-0.4, -0.2) is 12.5 Å². The number of anilines is 1. The van der Waals surface area contributed by atoms with E-state index in [4.69, 9.17) is 27.9 Å². The van der Waals surface area contributed by atoms with Crippen LogP contribution in [0.25, 0.3) is 0 Å². The van der Waals surface area contributed by atoms with Crippen LogP contribution in [0.5, 0.6) is 5.75 Å². The molecule has 0 radical (unpaired) electrons. The van der Waals surface area contributed by atoms with E-state index in [0.29, 0.717) is 45.4 Å². The molecule has 1 amide bonds. The Labute approximate surface area is 150 Å². The van der Waals surface area contributed by atoms with Crippen LogP contribution >= 0.6 is 23.2 Å². The maximum absolute atomic E-state index is 12.5. The van der Waals surface area contributed by atoms with Gasteiger partial charge in [0.1, 0.15) is 12.4 Å². The van der Waals surface area contributed by atoms with Gasteiger partial charge in [0.15, 0.2) is 0 Å². The minimum atomic E-state index is -0.280. The number of benzene rings is 2. The second-order valence-electron chi connectivity index (χ2n) is 5.02. The molecule has 0 spiro atoms. The Morgan fingerprint density at radius 1 is 1.17 bits per heavy atom. The Morgan fingerprint density at radius 2 is 1.88 bits per heavy atom. The first-order chi connectivity index (χ1) is 11.5. The molecule has 0 unspecified atom stereocenters. The number of nitrogens with one attached hydrogen (secondary N) is 1. The van der Waals surface area contributed by atoms with Crippen LogP contribution in [-0.2, 0) is 0 Å². The van der Waals surface area contributed by atoms with E-state index < -0.39 is 0 Å². The van der Waals surface area contributed by atoms with Crippen molar-refractivity contribution in [3.8, 4) is 5.75 Å². The van der Waals surface area contributed by atoms with Crippen LogP contribution in [0, 0.1) is 0 Å². The first-order valence-electron chi connectivity index (χ1n) is 7.31.